The molecule has 1 nitrogen and oxygen atoms in total. The second-order valence-electron chi connectivity index (χ2n) is 3.58. The molecule has 1 atom stereocenters. The molecule has 1 aliphatic heterocycles. The highest BCUT2D eigenvalue weighted by molar-refractivity contribution is 8.18. The van der Waals surface area contributed by atoms with Gasteiger partial charge in [-0.1, -0.05) is 24.3 Å². The van der Waals surface area contributed by atoms with Crippen LogP contribution < -0.4 is 0 Å². The number of pyridine rings is 1. The van der Waals surface area contributed by atoms with Crippen LogP contribution in [0.5, 0.6) is 0 Å². The van der Waals surface area contributed by atoms with E-state index in [4.69, 9.17) is 0 Å². The molecule has 16 heavy (non-hydrogen) atoms. The molecule has 0 radical (unpaired) electrons. The Morgan fingerprint density at radius 2 is 1.88 bits per heavy atom. The summed E-state index contributed by atoms with van der Waals surface area (Å²) in [6, 6.07) is 14.5. The number of benzene rings is 1. The Bertz CT molecular complexity index is 570. The number of nitrogens with zero attached hydrogens (tertiary/aromatic N) is 1. The van der Waals surface area contributed by atoms with E-state index in [-0.39, 0.29) is 10.5 Å². The molecule has 0 saturated carbocycles. The number of hydrogen-bond donors (Lipinski definition) is 0. The van der Waals surface area contributed by atoms with Gasteiger partial charge in [0.05, 0.1) is 5.69 Å². The van der Waals surface area contributed by atoms with Crippen LogP contribution in [0, 0.1) is 0 Å². The molecular weight excluding hydrogens is 214 g/mol. The van der Waals surface area contributed by atoms with E-state index in [1.807, 2.05) is 24.4 Å². The molecule has 0 saturated heterocycles. The van der Waals surface area contributed by atoms with E-state index in [1.165, 1.54) is 10.5 Å². The minimum Gasteiger partial charge on any atom is -0.256 e. The Labute approximate surface area is 97.4 Å². The summed E-state index contributed by atoms with van der Waals surface area (Å²) >= 11 is 0. The third kappa shape index (κ3) is 1.72. The molecule has 1 aromatic heterocycles. The molecule has 1 unspecified atom stereocenters. The van der Waals surface area contributed by atoms with Gasteiger partial charge in [-0.05, 0) is 40.6 Å². The topological polar surface area (TPSA) is 12.9 Å². The van der Waals surface area contributed by atoms with Crippen molar-refractivity contribution in [3.8, 4) is 0 Å². The molecule has 1 aliphatic rings. The number of aromatic nitrogens is 1. The fraction of sp³-hybridized carbons (Fsp3) is 0. The molecule has 2 heterocycles. The van der Waals surface area contributed by atoms with Gasteiger partial charge in [-0.15, -0.1) is 10.5 Å². The van der Waals surface area contributed by atoms with Crippen LogP contribution in [0.1, 0.15) is 11.3 Å². The Balaban J connectivity index is 2.06. The van der Waals surface area contributed by atoms with E-state index in [2.05, 4.69) is 46.1 Å². The summed E-state index contributed by atoms with van der Waals surface area (Å²) in [7, 11) is 0.0787. The van der Waals surface area contributed by atoms with E-state index in [0.29, 0.717) is 0 Å². The minimum absolute atomic E-state index is 0.0787. The molecule has 0 spiro atoms. The van der Waals surface area contributed by atoms with Crippen LogP contribution in [-0.4, -0.2) is 10.4 Å². The van der Waals surface area contributed by atoms with Crippen molar-refractivity contribution in [2.75, 3.05) is 0 Å². The Hall–Kier alpha value is -1.67. The first kappa shape index (κ1) is 9.55. The lowest BCUT2D eigenvalue weighted by Gasteiger charge is -2.01. The number of hydrogen-bond acceptors (Lipinski definition) is 1. The molecule has 0 aliphatic carbocycles. The van der Waals surface area contributed by atoms with Gasteiger partial charge in [-0.25, -0.2) is 0 Å². The van der Waals surface area contributed by atoms with Crippen molar-refractivity contribution in [3.05, 3.63) is 65.3 Å². The predicted octanol–water partition coefficient (Wildman–Crippen LogP) is 3.54. The van der Waals surface area contributed by atoms with Crippen LogP contribution in [0.2, 0.25) is 0 Å². The lowest BCUT2D eigenvalue weighted by Crippen LogP contribution is -1.85. The zero-order valence-electron chi connectivity index (χ0n) is 8.71. The van der Waals surface area contributed by atoms with E-state index < -0.39 is 0 Å². The normalized spacial score (nSPS) is 17.6. The minimum atomic E-state index is 0.0787. The molecule has 0 N–H and O–H groups in total. The molecule has 2 aromatic rings. The summed E-state index contributed by atoms with van der Waals surface area (Å²) in [6.07, 6.45) is 4.03. The Morgan fingerprint density at radius 1 is 1.00 bits per heavy atom. The van der Waals surface area contributed by atoms with Gasteiger partial charge in [0.15, 0.2) is 0 Å². The van der Waals surface area contributed by atoms with Crippen LogP contribution in [-0.2, 0) is 0 Å². The summed E-state index contributed by atoms with van der Waals surface area (Å²) in [5.41, 5.74) is 2.38. The third-order valence-electron chi connectivity index (χ3n) is 2.50. The second kappa shape index (κ2) is 4.06. The van der Waals surface area contributed by atoms with Crippen LogP contribution in [0.25, 0.3) is 6.08 Å². The zero-order chi connectivity index (χ0) is 10.8. The summed E-state index contributed by atoms with van der Waals surface area (Å²) in [5, 5.41) is 4.47. The molecule has 78 valence electrons. The van der Waals surface area contributed by atoms with Gasteiger partial charge in [0, 0.05) is 11.1 Å². The smallest absolute Gasteiger partial charge is 0.0691 e. The maximum Gasteiger partial charge on any atom is 0.0691 e. The van der Waals surface area contributed by atoms with Gasteiger partial charge in [0.2, 0.25) is 0 Å². The van der Waals surface area contributed by atoms with Crippen molar-refractivity contribution in [2.24, 2.45) is 0 Å². The molecule has 0 fully saturated rings. The average Bonchev–Trinajstić information content (AvgIpc) is 2.74. The van der Waals surface area contributed by atoms with Crippen molar-refractivity contribution in [3.63, 3.8) is 0 Å². The van der Waals surface area contributed by atoms with Crippen molar-refractivity contribution in [1.82, 2.24) is 4.98 Å². The van der Waals surface area contributed by atoms with Gasteiger partial charge in [0.1, 0.15) is 0 Å². The van der Waals surface area contributed by atoms with Crippen molar-refractivity contribution in [1.29, 1.82) is 0 Å². The van der Waals surface area contributed by atoms with Gasteiger partial charge < -0.3 is 0 Å². The van der Waals surface area contributed by atoms with E-state index >= 15 is 0 Å². The van der Waals surface area contributed by atoms with E-state index in [9.17, 15) is 0 Å². The van der Waals surface area contributed by atoms with Crippen molar-refractivity contribution in [2.45, 2.75) is 4.90 Å². The summed E-state index contributed by atoms with van der Waals surface area (Å²) in [6.45, 7) is 0. The summed E-state index contributed by atoms with van der Waals surface area (Å²) in [5.74, 6) is 0. The lowest BCUT2D eigenvalue weighted by molar-refractivity contribution is 1.31. The Kier molecular flexibility index (Phi) is 2.43. The fourth-order valence-electron chi connectivity index (χ4n) is 1.73. The first-order chi connectivity index (χ1) is 7.93. The maximum absolute atomic E-state index is 4.33. The molecule has 3 rings (SSSR count). The average molecular weight is 225 g/mol. The third-order valence-corrected chi connectivity index (χ3v) is 4.31. The van der Waals surface area contributed by atoms with Crippen LogP contribution in [0.4, 0.5) is 0 Å². The number of fused-ring (bicyclic) bond motifs is 1. The van der Waals surface area contributed by atoms with Crippen molar-refractivity contribution < 1.29 is 0 Å². The number of rotatable bonds is 1. The SMILES string of the molecule is C1=CS(=Cc2ccccn2)c2ccccc21. The molecule has 1 aromatic carbocycles. The van der Waals surface area contributed by atoms with Gasteiger partial charge in [0.25, 0.3) is 0 Å². The highest BCUT2D eigenvalue weighted by Gasteiger charge is 2.07. The quantitative estimate of drug-likeness (QED) is 0.676. The lowest BCUT2D eigenvalue weighted by atomic mass is 10.2. The van der Waals surface area contributed by atoms with Gasteiger partial charge in [-0.3, -0.25) is 4.98 Å². The standard InChI is InChI=1S/C14H11NS/c1-2-7-14-12(5-1)8-10-16(14)11-13-6-3-4-9-15-13/h1-11H. The van der Waals surface area contributed by atoms with Crippen LogP contribution in [0.3, 0.4) is 0 Å². The molecule has 0 amide bonds. The van der Waals surface area contributed by atoms with Gasteiger partial charge >= 0.3 is 0 Å². The summed E-state index contributed by atoms with van der Waals surface area (Å²) in [4.78, 5) is 5.73. The van der Waals surface area contributed by atoms with Crippen molar-refractivity contribution >= 4 is 21.9 Å². The van der Waals surface area contributed by atoms with Gasteiger partial charge in [-0.2, -0.15) is 0 Å². The van der Waals surface area contributed by atoms with Crippen LogP contribution >= 0.6 is 10.5 Å². The summed E-state index contributed by atoms with van der Waals surface area (Å²) < 4.78 is 0. The first-order valence-electron chi connectivity index (χ1n) is 5.18. The van der Waals surface area contributed by atoms with E-state index in [1.54, 1.807) is 0 Å². The molecular formula is C14H11NS. The monoisotopic (exact) mass is 225 g/mol. The molecule has 0 bridgehead atoms. The predicted molar refractivity (Wildman–Crippen MR) is 70.7 cm³/mol. The fourth-order valence-corrected chi connectivity index (χ4v) is 3.42. The van der Waals surface area contributed by atoms with E-state index in [0.717, 1.165) is 5.69 Å². The zero-order valence-corrected chi connectivity index (χ0v) is 9.52. The maximum atomic E-state index is 4.33. The Morgan fingerprint density at radius 3 is 2.75 bits per heavy atom. The first-order valence-corrected chi connectivity index (χ1v) is 6.54. The highest BCUT2D eigenvalue weighted by Crippen LogP contribution is 2.38. The second-order valence-corrected chi connectivity index (χ2v) is 5.28. The largest absolute Gasteiger partial charge is 0.256 e. The molecule has 2 heteroatoms. The highest BCUT2D eigenvalue weighted by atomic mass is 32.2. The van der Waals surface area contributed by atoms with Crippen LogP contribution in [0.15, 0.2) is 59.0 Å².